The number of nitrogens with one attached hydrogen (secondary N) is 5. The molecule has 52 heavy (non-hydrogen) atoms. The molecule has 0 spiro atoms. The number of alkyl halides is 3. The highest BCUT2D eigenvalue weighted by Crippen LogP contribution is 2.48. The summed E-state index contributed by atoms with van der Waals surface area (Å²) in [6.45, 7) is 5.87. The van der Waals surface area contributed by atoms with E-state index >= 15 is 0 Å². The molecule has 0 saturated heterocycles. The zero-order valence-corrected chi connectivity index (χ0v) is 29.5. The number of aromatic nitrogens is 4. The maximum absolute atomic E-state index is 12.9. The van der Waals surface area contributed by atoms with Crippen molar-refractivity contribution >= 4 is 52.6 Å². The number of carbonyl (C=O) groups excluding carboxylic acids is 3. The second-order valence-corrected chi connectivity index (χ2v) is 13.6. The molecule has 274 valence electrons. The lowest BCUT2D eigenvalue weighted by Crippen LogP contribution is -2.45. The average Bonchev–Trinajstić information content (AvgIpc) is 3.87. The van der Waals surface area contributed by atoms with E-state index in [0.29, 0.717) is 27.7 Å². The van der Waals surface area contributed by atoms with Crippen LogP contribution in [0.5, 0.6) is 6.01 Å². The predicted octanol–water partition coefficient (Wildman–Crippen LogP) is 5.83. The van der Waals surface area contributed by atoms with Gasteiger partial charge in [-0.3, -0.25) is 19.4 Å². The topological polar surface area (TPSA) is 172 Å². The average molecular weight is 740 g/mol. The van der Waals surface area contributed by atoms with E-state index < -0.39 is 47.5 Å². The van der Waals surface area contributed by atoms with Gasteiger partial charge in [0.15, 0.2) is 6.61 Å². The molecule has 1 saturated carbocycles. The van der Waals surface area contributed by atoms with E-state index in [9.17, 15) is 27.6 Å². The Labute approximate surface area is 302 Å². The van der Waals surface area contributed by atoms with Crippen molar-refractivity contribution in [3.8, 4) is 6.01 Å². The highest BCUT2D eigenvalue weighted by Gasteiger charge is 2.45. The number of rotatable bonds is 13. The van der Waals surface area contributed by atoms with Crippen LogP contribution in [0.2, 0.25) is 5.02 Å². The van der Waals surface area contributed by atoms with E-state index in [1.54, 1.807) is 55.5 Å². The number of carbonyl (C=O) groups is 3. The number of pyridine rings is 1. The van der Waals surface area contributed by atoms with Gasteiger partial charge in [-0.1, -0.05) is 37.6 Å². The van der Waals surface area contributed by atoms with Crippen LogP contribution in [0.4, 0.5) is 36.4 Å². The quantitative estimate of drug-likeness (QED) is 0.105. The van der Waals surface area contributed by atoms with Gasteiger partial charge < -0.3 is 31.3 Å². The standard InChI is InChI=1S/C35H37ClF3N9O4/c1-20-5-14-26(21(2)42-20)44-29(51)28(50)41-18-33(3,4)17-40-27(49)22-6-12-25(13-7-22)43-30-45-31(47-32(46-30)52-19-35(37,38)39)48-34(15-16-34)23-8-10-24(36)11-9-23/h5-14H,15-19H2,1-4H3,(H,40,49)(H,41,50)(H,44,51)(H2,43,45,46,47,48). The van der Waals surface area contributed by atoms with Crippen molar-refractivity contribution in [2.24, 2.45) is 5.41 Å². The Kier molecular flexibility index (Phi) is 11.2. The largest absolute Gasteiger partial charge is 0.454 e. The fourth-order valence-electron chi connectivity index (χ4n) is 4.99. The van der Waals surface area contributed by atoms with Crippen LogP contribution in [-0.2, 0) is 15.1 Å². The van der Waals surface area contributed by atoms with Crippen LogP contribution < -0.4 is 31.3 Å². The minimum atomic E-state index is -4.61. The van der Waals surface area contributed by atoms with E-state index in [1.807, 2.05) is 32.9 Å². The Balaban J connectivity index is 1.17. The Morgan fingerprint density at radius 3 is 2.12 bits per heavy atom. The Morgan fingerprint density at radius 1 is 0.827 bits per heavy atom. The van der Waals surface area contributed by atoms with E-state index in [1.165, 1.54) is 0 Å². The van der Waals surface area contributed by atoms with E-state index in [2.05, 4.69) is 46.5 Å². The molecule has 2 aromatic carbocycles. The SMILES string of the molecule is Cc1ccc(NC(=O)C(=O)NCC(C)(C)CNC(=O)c2ccc(Nc3nc(NC4(c5ccc(Cl)cc5)CC4)nc(OCC(F)(F)F)n3)cc2)c(C)n1. The summed E-state index contributed by atoms with van der Waals surface area (Å²) in [4.78, 5) is 54.4. The third-order valence-electron chi connectivity index (χ3n) is 8.02. The summed E-state index contributed by atoms with van der Waals surface area (Å²) in [6, 6.07) is 16.3. The molecule has 0 atom stereocenters. The predicted molar refractivity (Wildman–Crippen MR) is 189 cm³/mol. The van der Waals surface area contributed by atoms with Gasteiger partial charge in [0, 0.05) is 35.1 Å². The number of hydrogen-bond donors (Lipinski definition) is 5. The number of hydrogen-bond acceptors (Lipinski definition) is 10. The van der Waals surface area contributed by atoms with Crippen molar-refractivity contribution < 1.29 is 32.3 Å². The molecule has 1 aliphatic rings. The molecule has 5 rings (SSSR count). The van der Waals surface area contributed by atoms with Crippen LogP contribution >= 0.6 is 11.6 Å². The molecule has 0 bridgehead atoms. The van der Waals surface area contributed by atoms with Gasteiger partial charge in [0.05, 0.1) is 16.9 Å². The molecule has 3 amide bonds. The Morgan fingerprint density at radius 2 is 1.48 bits per heavy atom. The minimum absolute atomic E-state index is 0.0104. The second-order valence-electron chi connectivity index (χ2n) is 13.2. The number of ether oxygens (including phenoxy) is 1. The first-order valence-electron chi connectivity index (χ1n) is 16.2. The first-order chi connectivity index (χ1) is 24.5. The molecule has 1 aliphatic carbocycles. The lowest BCUT2D eigenvalue weighted by Gasteiger charge is -2.25. The smallest absolute Gasteiger partial charge is 0.422 e. The van der Waals surface area contributed by atoms with Crippen LogP contribution in [0.3, 0.4) is 0 Å². The second kappa shape index (κ2) is 15.4. The fraction of sp³-hybridized carbons (Fsp3) is 0.343. The maximum atomic E-state index is 12.9. The molecular formula is C35H37ClF3N9O4. The monoisotopic (exact) mass is 739 g/mol. The molecule has 2 heterocycles. The summed E-state index contributed by atoms with van der Waals surface area (Å²) >= 11 is 6.03. The summed E-state index contributed by atoms with van der Waals surface area (Å²) in [5.74, 6) is -2.12. The lowest BCUT2D eigenvalue weighted by molar-refractivity contribution is -0.154. The van der Waals surface area contributed by atoms with Crippen LogP contribution in [0.15, 0.2) is 60.7 Å². The number of benzene rings is 2. The van der Waals surface area contributed by atoms with Gasteiger partial charge >= 0.3 is 24.0 Å². The first-order valence-corrected chi connectivity index (χ1v) is 16.6. The molecule has 5 N–H and O–H groups in total. The number of anilines is 4. The normalized spacial score (nSPS) is 13.5. The van der Waals surface area contributed by atoms with Crippen molar-refractivity contribution in [3.63, 3.8) is 0 Å². The Hall–Kier alpha value is -5.51. The molecule has 13 nitrogen and oxygen atoms in total. The highest BCUT2D eigenvalue weighted by atomic mass is 35.5. The summed E-state index contributed by atoms with van der Waals surface area (Å²) in [6.07, 6.45) is -3.13. The van der Waals surface area contributed by atoms with E-state index in [0.717, 1.165) is 24.1 Å². The van der Waals surface area contributed by atoms with Crippen molar-refractivity contribution in [1.29, 1.82) is 0 Å². The van der Waals surface area contributed by atoms with Gasteiger partial charge in [0.1, 0.15) is 0 Å². The van der Waals surface area contributed by atoms with Crippen molar-refractivity contribution in [3.05, 3.63) is 88.2 Å². The zero-order valence-electron chi connectivity index (χ0n) is 28.7. The summed E-state index contributed by atoms with van der Waals surface area (Å²) in [5, 5.41) is 14.7. The zero-order chi connectivity index (χ0) is 37.7. The van der Waals surface area contributed by atoms with Gasteiger partial charge in [0.2, 0.25) is 11.9 Å². The molecule has 0 radical (unpaired) electrons. The molecule has 0 unspecified atom stereocenters. The molecule has 0 aliphatic heterocycles. The van der Waals surface area contributed by atoms with Gasteiger partial charge in [-0.15, -0.1) is 0 Å². The van der Waals surface area contributed by atoms with Crippen molar-refractivity contribution in [2.45, 2.75) is 52.3 Å². The number of amides is 3. The molecule has 4 aromatic rings. The van der Waals surface area contributed by atoms with Crippen LogP contribution in [-0.4, -0.2) is 63.5 Å². The molecule has 2 aromatic heterocycles. The number of halogens is 4. The minimum Gasteiger partial charge on any atom is -0.454 e. The van der Waals surface area contributed by atoms with Gasteiger partial charge in [-0.25, -0.2) is 0 Å². The summed E-state index contributed by atoms with van der Waals surface area (Å²) in [5.41, 5.74) is 2.34. The van der Waals surface area contributed by atoms with E-state index in [4.69, 9.17) is 16.3 Å². The molecule has 17 heteroatoms. The van der Waals surface area contributed by atoms with Crippen LogP contribution in [0.25, 0.3) is 0 Å². The third-order valence-corrected chi connectivity index (χ3v) is 8.27. The summed E-state index contributed by atoms with van der Waals surface area (Å²) < 4.78 is 43.6. The Bertz CT molecular complexity index is 1940. The van der Waals surface area contributed by atoms with Crippen molar-refractivity contribution in [1.82, 2.24) is 30.6 Å². The van der Waals surface area contributed by atoms with Crippen LogP contribution in [0.1, 0.15) is 54.0 Å². The first kappa shape index (κ1) is 37.7. The van der Waals surface area contributed by atoms with Gasteiger partial charge in [0.25, 0.3) is 5.91 Å². The van der Waals surface area contributed by atoms with Crippen LogP contribution in [0, 0.1) is 19.3 Å². The number of nitrogens with zero attached hydrogens (tertiary/aromatic N) is 4. The summed E-state index contributed by atoms with van der Waals surface area (Å²) in [7, 11) is 0. The maximum Gasteiger partial charge on any atom is 0.422 e. The molecular weight excluding hydrogens is 703 g/mol. The fourth-order valence-corrected chi connectivity index (χ4v) is 5.11. The third kappa shape index (κ3) is 10.5. The van der Waals surface area contributed by atoms with Crippen molar-refractivity contribution in [2.75, 3.05) is 35.6 Å². The van der Waals surface area contributed by atoms with E-state index in [-0.39, 0.29) is 25.0 Å². The molecule has 1 fully saturated rings. The van der Waals surface area contributed by atoms with Gasteiger partial charge in [-0.2, -0.15) is 28.1 Å². The van der Waals surface area contributed by atoms with Gasteiger partial charge in [-0.05, 0) is 86.2 Å². The lowest BCUT2D eigenvalue weighted by atomic mass is 9.93. The number of aryl methyl sites for hydroxylation is 2. The highest BCUT2D eigenvalue weighted by molar-refractivity contribution is 6.39.